The Kier molecular flexibility index (Phi) is 6.58. The van der Waals surface area contributed by atoms with Crippen molar-refractivity contribution in [2.24, 2.45) is 0 Å². The monoisotopic (exact) mass is 389 g/mol. The SMILES string of the molecule is CCOc1ncc(C2(O)CCN(Cc3cnc(OC)nc3)CC2)c(OCC)n1. The van der Waals surface area contributed by atoms with Gasteiger partial charge in [0.25, 0.3) is 0 Å². The zero-order valence-corrected chi connectivity index (χ0v) is 16.6. The standard InChI is InChI=1S/C19H27N5O4/c1-4-27-16-15(12-22-18(23-16)28-5-2)19(25)6-8-24(9-7-19)13-14-10-20-17(26-3)21-11-14/h10-12,25H,4-9,13H2,1-3H3. The van der Waals surface area contributed by atoms with Crippen LogP contribution in [0.15, 0.2) is 18.6 Å². The Morgan fingerprint density at radius 3 is 2.25 bits per heavy atom. The first-order valence-electron chi connectivity index (χ1n) is 9.50. The maximum absolute atomic E-state index is 11.3. The van der Waals surface area contributed by atoms with Crippen molar-refractivity contribution in [1.29, 1.82) is 0 Å². The Bertz CT molecular complexity index is 763. The summed E-state index contributed by atoms with van der Waals surface area (Å²) in [6.07, 6.45) is 6.26. The van der Waals surface area contributed by atoms with Gasteiger partial charge in [0.05, 0.1) is 31.5 Å². The van der Waals surface area contributed by atoms with Crippen molar-refractivity contribution in [2.45, 2.75) is 38.8 Å². The molecular formula is C19H27N5O4. The molecule has 0 aromatic carbocycles. The van der Waals surface area contributed by atoms with Crippen LogP contribution in [0.2, 0.25) is 0 Å². The summed E-state index contributed by atoms with van der Waals surface area (Å²) in [5.41, 5.74) is 0.596. The van der Waals surface area contributed by atoms with E-state index >= 15 is 0 Å². The summed E-state index contributed by atoms with van der Waals surface area (Å²) >= 11 is 0. The molecule has 1 aliphatic heterocycles. The Morgan fingerprint density at radius 2 is 1.64 bits per heavy atom. The third kappa shape index (κ3) is 4.66. The van der Waals surface area contributed by atoms with Crippen LogP contribution in [0.4, 0.5) is 0 Å². The fourth-order valence-corrected chi connectivity index (χ4v) is 3.25. The fraction of sp³-hybridized carbons (Fsp3) is 0.579. The van der Waals surface area contributed by atoms with Gasteiger partial charge in [0.1, 0.15) is 0 Å². The Hall–Kier alpha value is -2.52. The molecule has 0 atom stereocenters. The van der Waals surface area contributed by atoms with E-state index in [1.165, 1.54) is 0 Å². The van der Waals surface area contributed by atoms with E-state index in [4.69, 9.17) is 14.2 Å². The molecule has 0 bridgehead atoms. The lowest BCUT2D eigenvalue weighted by Gasteiger charge is -2.38. The van der Waals surface area contributed by atoms with Crippen LogP contribution in [0.5, 0.6) is 17.9 Å². The van der Waals surface area contributed by atoms with Gasteiger partial charge in [-0.05, 0) is 26.7 Å². The van der Waals surface area contributed by atoms with E-state index in [0.717, 1.165) is 25.2 Å². The number of aromatic nitrogens is 4. The molecule has 0 radical (unpaired) electrons. The second-order valence-electron chi connectivity index (χ2n) is 6.62. The van der Waals surface area contributed by atoms with Gasteiger partial charge in [0.2, 0.25) is 5.88 Å². The molecular weight excluding hydrogens is 362 g/mol. The maximum Gasteiger partial charge on any atom is 0.319 e. The highest BCUT2D eigenvalue weighted by atomic mass is 16.5. The van der Waals surface area contributed by atoms with Crippen LogP contribution >= 0.6 is 0 Å². The molecule has 1 saturated heterocycles. The largest absolute Gasteiger partial charge is 0.478 e. The minimum Gasteiger partial charge on any atom is -0.478 e. The molecule has 9 heteroatoms. The molecule has 0 aliphatic carbocycles. The summed E-state index contributed by atoms with van der Waals surface area (Å²) < 4.78 is 16.0. The van der Waals surface area contributed by atoms with Crippen LogP contribution < -0.4 is 14.2 Å². The number of rotatable bonds is 8. The summed E-state index contributed by atoms with van der Waals surface area (Å²) in [6.45, 7) is 6.85. The maximum atomic E-state index is 11.3. The van der Waals surface area contributed by atoms with Gasteiger partial charge in [-0.25, -0.2) is 15.0 Å². The zero-order valence-electron chi connectivity index (χ0n) is 16.6. The summed E-state index contributed by atoms with van der Waals surface area (Å²) in [7, 11) is 1.54. The van der Waals surface area contributed by atoms with E-state index in [2.05, 4.69) is 24.8 Å². The molecule has 2 aromatic heterocycles. The van der Waals surface area contributed by atoms with Gasteiger partial charge in [-0.2, -0.15) is 4.98 Å². The minimum atomic E-state index is -1.03. The first-order valence-corrected chi connectivity index (χ1v) is 9.50. The lowest BCUT2D eigenvalue weighted by molar-refractivity contribution is -0.0303. The summed E-state index contributed by atoms with van der Waals surface area (Å²) in [6, 6.07) is 0.617. The van der Waals surface area contributed by atoms with Gasteiger partial charge < -0.3 is 19.3 Å². The van der Waals surface area contributed by atoms with Gasteiger partial charge in [0, 0.05) is 43.8 Å². The van der Waals surface area contributed by atoms with Crippen molar-refractivity contribution in [3.8, 4) is 17.9 Å². The topological polar surface area (TPSA) is 103 Å². The number of hydrogen-bond donors (Lipinski definition) is 1. The number of likely N-dealkylation sites (tertiary alicyclic amines) is 1. The molecule has 152 valence electrons. The Morgan fingerprint density at radius 1 is 1.00 bits per heavy atom. The highest BCUT2D eigenvalue weighted by Gasteiger charge is 2.37. The fourth-order valence-electron chi connectivity index (χ4n) is 3.25. The number of methoxy groups -OCH3 is 1. The van der Waals surface area contributed by atoms with Crippen LogP contribution in [-0.2, 0) is 12.1 Å². The molecule has 0 amide bonds. The Balaban J connectivity index is 1.68. The minimum absolute atomic E-state index is 0.259. The van der Waals surface area contributed by atoms with Gasteiger partial charge in [-0.15, -0.1) is 0 Å². The van der Waals surface area contributed by atoms with E-state index in [9.17, 15) is 5.11 Å². The third-order valence-electron chi connectivity index (χ3n) is 4.74. The van der Waals surface area contributed by atoms with Crippen molar-refractivity contribution in [3.05, 3.63) is 29.7 Å². The second-order valence-corrected chi connectivity index (χ2v) is 6.62. The number of ether oxygens (including phenoxy) is 3. The van der Waals surface area contributed by atoms with E-state index < -0.39 is 5.60 Å². The first-order chi connectivity index (χ1) is 13.6. The number of hydrogen-bond acceptors (Lipinski definition) is 9. The van der Waals surface area contributed by atoms with Crippen molar-refractivity contribution >= 4 is 0 Å². The van der Waals surface area contributed by atoms with E-state index in [1.54, 1.807) is 25.7 Å². The number of aliphatic hydroxyl groups is 1. The first kappa shape index (κ1) is 20.2. The summed E-state index contributed by atoms with van der Waals surface area (Å²) in [5.74, 6) is 0.389. The highest BCUT2D eigenvalue weighted by molar-refractivity contribution is 5.32. The van der Waals surface area contributed by atoms with Crippen molar-refractivity contribution in [1.82, 2.24) is 24.8 Å². The summed E-state index contributed by atoms with van der Waals surface area (Å²) in [5, 5.41) is 11.3. The predicted molar refractivity (Wildman–Crippen MR) is 101 cm³/mol. The van der Waals surface area contributed by atoms with Gasteiger partial charge in [-0.1, -0.05) is 0 Å². The molecule has 1 aliphatic rings. The molecule has 2 aromatic rings. The zero-order chi connectivity index (χ0) is 20.0. The van der Waals surface area contributed by atoms with E-state index in [0.29, 0.717) is 43.5 Å². The van der Waals surface area contributed by atoms with Crippen LogP contribution in [0.3, 0.4) is 0 Å². The average molecular weight is 389 g/mol. The van der Waals surface area contributed by atoms with E-state index in [1.807, 2.05) is 13.8 Å². The normalized spacial score (nSPS) is 16.6. The molecule has 0 saturated carbocycles. The van der Waals surface area contributed by atoms with Crippen LogP contribution in [0.1, 0.15) is 37.8 Å². The molecule has 0 unspecified atom stereocenters. The van der Waals surface area contributed by atoms with Gasteiger partial charge in [-0.3, -0.25) is 4.90 Å². The van der Waals surface area contributed by atoms with Crippen molar-refractivity contribution in [2.75, 3.05) is 33.4 Å². The van der Waals surface area contributed by atoms with Gasteiger partial charge in [0.15, 0.2) is 0 Å². The lowest BCUT2D eigenvalue weighted by atomic mass is 9.85. The predicted octanol–water partition coefficient (Wildman–Crippen LogP) is 1.56. The van der Waals surface area contributed by atoms with Gasteiger partial charge >= 0.3 is 12.0 Å². The number of piperidine rings is 1. The summed E-state index contributed by atoms with van der Waals surface area (Å²) in [4.78, 5) is 19.1. The molecule has 3 rings (SSSR count). The molecule has 1 fully saturated rings. The van der Waals surface area contributed by atoms with Crippen LogP contribution in [-0.4, -0.2) is 63.4 Å². The molecule has 3 heterocycles. The van der Waals surface area contributed by atoms with E-state index in [-0.39, 0.29) is 6.01 Å². The third-order valence-corrected chi connectivity index (χ3v) is 4.74. The molecule has 1 N–H and O–H groups in total. The quantitative estimate of drug-likeness (QED) is 0.720. The van der Waals surface area contributed by atoms with Crippen LogP contribution in [0, 0.1) is 0 Å². The second kappa shape index (κ2) is 9.11. The smallest absolute Gasteiger partial charge is 0.319 e. The average Bonchev–Trinajstić information content (AvgIpc) is 2.71. The molecule has 0 spiro atoms. The van der Waals surface area contributed by atoms with Crippen molar-refractivity contribution < 1.29 is 19.3 Å². The molecule has 9 nitrogen and oxygen atoms in total. The lowest BCUT2D eigenvalue weighted by Crippen LogP contribution is -2.42. The van der Waals surface area contributed by atoms with Crippen molar-refractivity contribution in [3.63, 3.8) is 0 Å². The highest BCUT2D eigenvalue weighted by Crippen LogP contribution is 2.37. The van der Waals surface area contributed by atoms with Crippen LogP contribution in [0.25, 0.3) is 0 Å². The Labute approximate surface area is 164 Å². The molecule has 28 heavy (non-hydrogen) atoms. The number of nitrogens with zero attached hydrogens (tertiary/aromatic N) is 5.